The first-order chi connectivity index (χ1) is 6.32. The SMILES string of the molecule is Cc1ccc(F)c(C(=O)C(F)(F)F)c1. The van der Waals surface area contributed by atoms with Gasteiger partial charge in [-0.05, 0) is 19.1 Å². The summed E-state index contributed by atoms with van der Waals surface area (Å²) in [6.45, 7) is 1.48. The molecule has 0 aliphatic heterocycles. The lowest BCUT2D eigenvalue weighted by molar-refractivity contribution is -0.0887. The van der Waals surface area contributed by atoms with Crippen LogP contribution >= 0.6 is 0 Å². The van der Waals surface area contributed by atoms with E-state index in [2.05, 4.69) is 0 Å². The van der Waals surface area contributed by atoms with Crippen LogP contribution in [0.1, 0.15) is 15.9 Å². The summed E-state index contributed by atoms with van der Waals surface area (Å²) in [6, 6.07) is 3.02. The van der Waals surface area contributed by atoms with E-state index in [9.17, 15) is 22.4 Å². The summed E-state index contributed by atoms with van der Waals surface area (Å²) >= 11 is 0. The topological polar surface area (TPSA) is 17.1 Å². The molecular formula is C9H6F4O. The van der Waals surface area contributed by atoms with Crippen molar-refractivity contribution in [2.75, 3.05) is 0 Å². The van der Waals surface area contributed by atoms with Crippen molar-refractivity contribution in [3.63, 3.8) is 0 Å². The molecule has 0 aliphatic carbocycles. The Morgan fingerprint density at radius 2 is 1.86 bits per heavy atom. The van der Waals surface area contributed by atoms with Crippen LogP contribution in [0.2, 0.25) is 0 Å². The Hall–Kier alpha value is -1.39. The monoisotopic (exact) mass is 206 g/mol. The Bertz CT molecular complexity index is 368. The first-order valence-electron chi connectivity index (χ1n) is 3.70. The first-order valence-corrected chi connectivity index (χ1v) is 3.70. The third-order valence-electron chi connectivity index (χ3n) is 1.62. The van der Waals surface area contributed by atoms with Gasteiger partial charge in [0.15, 0.2) is 0 Å². The second-order valence-corrected chi connectivity index (χ2v) is 2.81. The van der Waals surface area contributed by atoms with E-state index in [0.717, 1.165) is 12.1 Å². The van der Waals surface area contributed by atoms with Crippen molar-refractivity contribution < 1.29 is 22.4 Å². The molecule has 0 aromatic heterocycles. The van der Waals surface area contributed by atoms with Crippen LogP contribution in [0.25, 0.3) is 0 Å². The summed E-state index contributed by atoms with van der Waals surface area (Å²) in [7, 11) is 0. The second kappa shape index (κ2) is 3.40. The van der Waals surface area contributed by atoms with Crippen molar-refractivity contribution in [2.24, 2.45) is 0 Å². The van der Waals surface area contributed by atoms with Crippen molar-refractivity contribution in [1.29, 1.82) is 0 Å². The first kappa shape index (κ1) is 10.7. The highest BCUT2D eigenvalue weighted by atomic mass is 19.4. The standard InChI is InChI=1S/C9H6F4O/c1-5-2-3-7(10)6(4-5)8(14)9(11,12)13/h2-4H,1H3. The molecule has 0 saturated carbocycles. The Labute approximate surface area is 77.3 Å². The molecule has 0 amide bonds. The summed E-state index contributed by atoms with van der Waals surface area (Å²) < 4.78 is 48.6. The van der Waals surface area contributed by atoms with Gasteiger partial charge in [0, 0.05) is 0 Å². The summed E-state index contributed by atoms with van der Waals surface area (Å²) in [5, 5.41) is 0. The molecule has 0 aliphatic rings. The number of ketones is 1. The number of rotatable bonds is 1. The third-order valence-corrected chi connectivity index (χ3v) is 1.62. The van der Waals surface area contributed by atoms with Crippen molar-refractivity contribution >= 4 is 5.78 Å². The van der Waals surface area contributed by atoms with Crippen LogP contribution in [-0.2, 0) is 0 Å². The third kappa shape index (κ3) is 2.10. The molecule has 0 saturated heterocycles. The van der Waals surface area contributed by atoms with Gasteiger partial charge < -0.3 is 0 Å². The average Bonchev–Trinajstić information content (AvgIpc) is 2.06. The van der Waals surface area contributed by atoms with Gasteiger partial charge in [-0.25, -0.2) is 4.39 Å². The Morgan fingerprint density at radius 1 is 1.29 bits per heavy atom. The lowest BCUT2D eigenvalue weighted by Crippen LogP contribution is -2.23. The molecule has 0 fully saturated rings. The van der Waals surface area contributed by atoms with E-state index in [1.807, 2.05) is 0 Å². The van der Waals surface area contributed by atoms with Gasteiger partial charge in [0.25, 0.3) is 5.78 Å². The van der Waals surface area contributed by atoms with Gasteiger partial charge >= 0.3 is 6.18 Å². The van der Waals surface area contributed by atoms with E-state index in [0.29, 0.717) is 5.56 Å². The van der Waals surface area contributed by atoms with Gasteiger partial charge in [-0.15, -0.1) is 0 Å². The van der Waals surface area contributed by atoms with E-state index < -0.39 is 23.3 Å². The number of alkyl halides is 3. The van der Waals surface area contributed by atoms with E-state index in [1.165, 1.54) is 13.0 Å². The maximum atomic E-state index is 12.8. The van der Waals surface area contributed by atoms with Crippen molar-refractivity contribution in [3.05, 3.63) is 35.1 Å². The molecule has 76 valence electrons. The molecule has 1 aromatic carbocycles. The lowest BCUT2D eigenvalue weighted by atomic mass is 10.1. The largest absolute Gasteiger partial charge is 0.454 e. The van der Waals surface area contributed by atoms with Crippen LogP contribution in [-0.4, -0.2) is 12.0 Å². The van der Waals surface area contributed by atoms with E-state index >= 15 is 0 Å². The van der Waals surface area contributed by atoms with E-state index in [4.69, 9.17) is 0 Å². The normalized spacial score (nSPS) is 11.5. The fourth-order valence-corrected chi connectivity index (χ4v) is 0.966. The molecule has 1 nitrogen and oxygen atoms in total. The predicted molar refractivity (Wildman–Crippen MR) is 41.5 cm³/mol. The zero-order valence-electron chi connectivity index (χ0n) is 7.15. The smallest absolute Gasteiger partial charge is 0.284 e. The number of benzene rings is 1. The maximum Gasteiger partial charge on any atom is 0.454 e. The number of aryl methyl sites for hydroxylation is 1. The molecule has 0 atom stereocenters. The van der Waals surface area contributed by atoms with Gasteiger partial charge in [-0.3, -0.25) is 4.79 Å². The molecule has 0 N–H and O–H groups in total. The zero-order chi connectivity index (χ0) is 10.9. The molecule has 0 heterocycles. The van der Waals surface area contributed by atoms with Crippen LogP contribution in [0.3, 0.4) is 0 Å². The van der Waals surface area contributed by atoms with Crippen LogP contribution in [0.4, 0.5) is 17.6 Å². The number of hydrogen-bond acceptors (Lipinski definition) is 1. The van der Waals surface area contributed by atoms with Crippen LogP contribution in [0.15, 0.2) is 18.2 Å². The molecule has 1 aromatic rings. The minimum absolute atomic E-state index is 0.402. The van der Waals surface area contributed by atoms with Gasteiger partial charge in [0.05, 0.1) is 5.56 Å². The fraction of sp³-hybridized carbons (Fsp3) is 0.222. The second-order valence-electron chi connectivity index (χ2n) is 2.81. The van der Waals surface area contributed by atoms with Crippen molar-refractivity contribution in [1.82, 2.24) is 0 Å². The molecule has 0 spiro atoms. The summed E-state index contributed by atoms with van der Waals surface area (Å²) in [4.78, 5) is 10.7. The molecule has 0 unspecified atom stereocenters. The van der Waals surface area contributed by atoms with Crippen molar-refractivity contribution in [2.45, 2.75) is 13.1 Å². The Morgan fingerprint density at radius 3 is 2.36 bits per heavy atom. The molecule has 14 heavy (non-hydrogen) atoms. The summed E-state index contributed by atoms with van der Waals surface area (Å²) in [6.07, 6.45) is -5.03. The lowest BCUT2D eigenvalue weighted by Gasteiger charge is -2.06. The van der Waals surface area contributed by atoms with Crippen molar-refractivity contribution in [3.8, 4) is 0 Å². The van der Waals surface area contributed by atoms with Gasteiger partial charge in [0.2, 0.25) is 0 Å². The summed E-state index contributed by atoms with van der Waals surface area (Å²) in [5.41, 5.74) is -0.531. The fourth-order valence-electron chi connectivity index (χ4n) is 0.966. The minimum atomic E-state index is -5.03. The van der Waals surface area contributed by atoms with Crippen LogP contribution < -0.4 is 0 Å². The Kier molecular flexibility index (Phi) is 2.59. The summed E-state index contributed by atoms with van der Waals surface area (Å²) in [5.74, 6) is -3.31. The van der Waals surface area contributed by atoms with E-state index in [-0.39, 0.29) is 0 Å². The molecule has 1 rings (SSSR count). The number of halogens is 4. The molecule has 0 radical (unpaired) electrons. The zero-order valence-corrected chi connectivity index (χ0v) is 7.15. The van der Waals surface area contributed by atoms with Gasteiger partial charge in [0.1, 0.15) is 5.82 Å². The van der Waals surface area contributed by atoms with Gasteiger partial charge in [-0.1, -0.05) is 11.6 Å². The highest BCUT2D eigenvalue weighted by molar-refractivity contribution is 6.00. The highest BCUT2D eigenvalue weighted by Crippen LogP contribution is 2.23. The number of Topliss-reactive ketones (excluding diaryl/α,β-unsaturated/α-hetero) is 1. The number of hydrogen-bond donors (Lipinski definition) is 0. The number of carbonyl (C=O) groups is 1. The maximum absolute atomic E-state index is 12.8. The molecule has 0 bridgehead atoms. The van der Waals surface area contributed by atoms with Gasteiger partial charge in [-0.2, -0.15) is 13.2 Å². The minimum Gasteiger partial charge on any atom is -0.284 e. The highest BCUT2D eigenvalue weighted by Gasteiger charge is 2.40. The number of carbonyl (C=O) groups excluding carboxylic acids is 1. The van der Waals surface area contributed by atoms with E-state index in [1.54, 1.807) is 0 Å². The molecule has 5 heteroatoms. The van der Waals surface area contributed by atoms with Crippen LogP contribution in [0, 0.1) is 12.7 Å². The quantitative estimate of drug-likeness (QED) is 0.510. The predicted octanol–water partition coefficient (Wildman–Crippen LogP) is 2.88. The molecular weight excluding hydrogens is 200 g/mol. The van der Waals surface area contributed by atoms with Crippen LogP contribution in [0.5, 0.6) is 0 Å². The Balaban J connectivity index is 3.19. The average molecular weight is 206 g/mol.